The predicted molar refractivity (Wildman–Crippen MR) is 78.8 cm³/mol. The molecule has 0 aromatic carbocycles. The monoisotopic (exact) mass is 301 g/mol. The van der Waals surface area contributed by atoms with Crippen molar-refractivity contribution in [3.8, 4) is 0 Å². The molecule has 6 nitrogen and oxygen atoms in total. The number of aliphatic carboxylic acids is 1. The number of carbonyl (C=O) groups is 2. The second-order valence-corrected chi connectivity index (χ2v) is 7.10. The van der Waals surface area contributed by atoms with Gasteiger partial charge in [-0.3, -0.25) is 0 Å². The lowest BCUT2D eigenvalue weighted by Gasteiger charge is -2.38. The Morgan fingerprint density at radius 3 is 2.65 bits per heavy atom. The van der Waals surface area contributed by atoms with E-state index < -0.39 is 12.0 Å². The molecule has 2 heterocycles. The summed E-state index contributed by atoms with van der Waals surface area (Å²) >= 11 is 1.49. The summed E-state index contributed by atoms with van der Waals surface area (Å²) in [5, 5.41) is 12.0. The topological polar surface area (TPSA) is 72.9 Å². The first kappa shape index (κ1) is 15.4. The molecule has 2 rings (SSSR count). The van der Waals surface area contributed by atoms with Gasteiger partial charge in [-0.15, -0.1) is 11.8 Å². The molecule has 2 saturated heterocycles. The third-order valence-corrected chi connectivity index (χ3v) is 5.30. The Kier molecular flexibility index (Phi) is 4.80. The van der Waals surface area contributed by atoms with Crippen molar-refractivity contribution in [1.82, 2.24) is 15.1 Å². The molecule has 0 saturated carbocycles. The molecule has 0 radical (unpaired) electrons. The van der Waals surface area contributed by atoms with Crippen molar-refractivity contribution in [2.75, 3.05) is 38.3 Å². The van der Waals surface area contributed by atoms with Gasteiger partial charge in [0, 0.05) is 12.3 Å². The molecule has 1 atom stereocenters. The molecule has 0 aromatic rings. The molecule has 0 spiro atoms. The maximum atomic E-state index is 12.1. The molecule has 0 aromatic heterocycles. The van der Waals surface area contributed by atoms with Gasteiger partial charge in [-0.2, -0.15) is 0 Å². The summed E-state index contributed by atoms with van der Waals surface area (Å²) in [6.45, 7) is 4.90. The predicted octanol–water partition coefficient (Wildman–Crippen LogP) is 0.887. The number of nitrogens with zero attached hydrogens (tertiary/aromatic N) is 2. The first-order valence-electron chi connectivity index (χ1n) is 6.95. The van der Waals surface area contributed by atoms with Gasteiger partial charge in [0.15, 0.2) is 0 Å². The second-order valence-electron chi connectivity index (χ2n) is 6.10. The summed E-state index contributed by atoms with van der Waals surface area (Å²) in [6.07, 6.45) is 2.11. The highest BCUT2D eigenvalue weighted by Crippen LogP contribution is 2.29. The number of rotatable bonds is 3. The molecule has 7 heteroatoms. The van der Waals surface area contributed by atoms with Crippen molar-refractivity contribution < 1.29 is 14.7 Å². The van der Waals surface area contributed by atoms with Crippen LogP contribution in [0, 0.1) is 5.41 Å². The van der Waals surface area contributed by atoms with E-state index in [0.717, 1.165) is 25.9 Å². The summed E-state index contributed by atoms with van der Waals surface area (Å²) in [4.78, 5) is 26.9. The fourth-order valence-electron chi connectivity index (χ4n) is 2.57. The number of carboxylic acid groups (broad SMARTS) is 1. The van der Waals surface area contributed by atoms with Crippen LogP contribution in [-0.4, -0.2) is 71.3 Å². The summed E-state index contributed by atoms with van der Waals surface area (Å²) in [7, 11) is 2.11. The van der Waals surface area contributed by atoms with E-state index >= 15 is 0 Å². The van der Waals surface area contributed by atoms with Crippen LogP contribution in [0.3, 0.4) is 0 Å². The van der Waals surface area contributed by atoms with Gasteiger partial charge < -0.3 is 20.2 Å². The summed E-state index contributed by atoms with van der Waals surface area (Å²) < 4.78 is 0. The maximum Gasteiger partial charge on any atom is 0.327 e. The minimum absolute atomic E-state index is 0.119. The van der Waals surface area contributed by atoms with E-state index in [0.29, 0.717) is 18.2 Å². The Labute approximate surface area is 123 Å². The minimum Gasteiger partial charge on any atom is -0.480 e. The number of hydrogen-bond acceptors (Lipinski definition) is 4. The zero-order valence-corrected chi connectivity index (χ0v) is 12.9. The van der Waals surface area contributed by atoms with E-state index in [-0.39, 0.29) is 11.4 Å². The van der Waals surface area contributed by atoms with Gasteiger partial charge in [0.1, 0.15) is 6.04 Å². The molecule has 114 valence electrons. The van der Waals surface area contributed by atoms with E-state index in [2.05, 4.69) is 24.2 Å². The zero-order chi connectivity index (χ0) is 14.8. The fraction of sp³-hybridized carbons (Fsp3) is 0.846. The number of likely N-dealkylation sites (tertiary alicyclic amines) is 1. The molecule has 0 unspecified atom stereocenters. The first-order valence-corrected chi connectivity index (χ1v) is 8.10. The van der Waals surface area contributed by atoms with Gasteiger partial charge in [-0.25, -0.2) is 9.59 Å². The van der Waals surface area contributed by atoms with Crippen molar-refractivity contribution in [2.45, 2.75) is 25.8 Å². The summed E-state index contributed by atoms with van der Waals surface area (Å²) in [5.74, 6) is 0.0169. The smallest absolute Gasteiger partial charge is 0.327 e. The third kappa shape index (κ3) is 3.58. The first-order chi connectivity index (χ1) is 9.41. The van der Waals surface area contributed by atoms with Crippen LogP contribution < -0.4 is 5.32 Å². The molecular formula is C13H23N3O3S. The standard InChI is InChI=1S/C13H23N3O3S/c1-13(3-5-15(2)6-4-13)8-14-12(19)16-9-20-7-10(16)11(17)18/h10H,3-9H2,1-2H3,(H,14,19)(H,17,18)/t10-/m0/s1. The number of piperidine rings is 1. The Bertz CT molecular complexity index is 383. The quantitative estimate of drug-likeness (QED) is 0.810. The third-order valence-electron chi connectivity index (χ3n) is 4.29. The van der Waals surface area contributed by atoms with Crippen LogP contribution in [0.1, 0.15) is 19.8 Å². The number of carboxylic acids is 1. The molecule has 2 N–H and O–H groups in total. The number of hydrogen-bond donors (Lipinski definition) is 2. The van der Waals surface area contributed by atoms with Gasteiger partial charge in [-0.1, -0.05) is 6.92 Å². The Balaban J connectivity index is 1.84. The second kappa shape index (κ2) is 6.22. The highest BCUT2D eigenvalue weighted by molar-refractivity contribution is 7.99. The van der Waals surface area contributed by atoms with Crippen molar-refractivity contribution in [1.29, 1.82) is 0 Å². The fourth-order valence-corrected chi connectivity index (χ4v) is 3.72. The van der Waals surface area contributed by atoms with Gasteiger partial charge in [0.25, 0.3) is 0 Å². The summed E-state index contributed by atoms with van der Waals surface area (Å²) in [5.41, 5.74) is 0.119. The Morgan fingerprint density at radius 1 is 1.40 bits per heavy atom. The van der Waals surface area contributed by atoms with Crippen molar-refractivity contribution in [2.24, 2.45) is 5.41 Å². The Hall–Kier alpha value is -0.950. The summed E-state index contributed by atoms with van der Waals surface area (Å²) in [6, 6.07) is -0.937. The molecule has 2 aliphatic heterocycles. The van der Waals surface area contributed by atoms with Gasteiger partial charge in [-0.05, 0) is 38.4 Å². The largest absolute Gasteiger partial charge is 0.480 e. The highest BCUT2D eigenvalue weighted by Gasteiger charge is 2.36. The van der Waals surface area contributed by atoms with Crippen LogP contribution >= 0.6 is 11.8 Å². The lowest BCUT2D eigenvalue weighted by Crippen LogP contribution is -2.50. The van der Waals surface area contributed by atoms with Crippen LogP contribution in [-0.2, 0) is 4.79 Å². The average Bonchev–Trinajstić information content (AvgIpc) is 2.89. The molecule has 2 fully saturated rings. The number of amides is 2. The van der Waals surface area contributed by atoms with Crippen LogP contribution in [0.25, 0.3) is 0 Å². The number of carbonyl (C=O) groups excluding carboxylic acids is 1. The molecule has 2 aliphatic rings. The van der Waals surface area contributed by atoms with Crippen LogP contribution in [0.2, 0.25) is 0 Å². The molecular weight excluding hydrogens is 278 g/mol. The number of nitrogens with one attached hydrogen (secondary N) is 1. The minimum atomic E-state index is -0.921. The molecule has 0 bridgehead atoms. The van der Waals surface area contributed by atoms with E-state index in [1.165, 1.54) is 16.7 Å². The van der Waals surface area contributed by atoms with Crippen LogP contribution in [0.4, 0.5) is 4.79 Å². The van der Waals surface area contributed by atoms with E-state index in [1.54, 1.807) is 0 Å². The normalized spacial score (nSPS) is 26.5. The maximum absolute atomic E-state index is 12.1. The van der Waals surface area contributed by atoms with Crippen molar-refractivity contribution in [3.05, 3.63) is 0 Å². The van der Waals surface area contributed by atoms with Crippen LogP contribution in [0.15, 0.2) is 0 Å². The SMILES string of the molecule is CN1CCC(C)(CNC(=O)N2CSC[C@H]2C(=O)O)CC1. The van der Waals surface area contributed by atoms with Crippen molar-refractivity contribution in [3.63, 3.8) is 0 Å². The molecule has 2 amide bonds. The Morgan fingerprint density at radius 2 is 2.05 bits per heavy atom. The zero-order valence-electron chi connectivity index (χ0n) is 12.1. The average molecular weight is 301 g/mol. The molecule has 20 heavy (non-hydrogen) atoms. The van der Waals surface area contributed by atoms with Crippen molar-refractivity contribution >= 4 is 23.8 Å². The highest BCUT2D eigenvalue weighted by atomic mass is 32.2. The van der Waals surface area contributed by atoms with Crippen LogP contribution in [0.5, 0.6) is 0 Å². The molecule has 0 aliphatic carbocycles. The van der Waals surface area contributed by atoms with Gasteiger partial charge in [0.05, 0.1) is 5.88 Å². The van der Waals surface area contributed by atoms with E-state index in [9.17, 15) is 9.59 Å². The lowest BCUT2D eigenvalue weighted by atomic mass is 9.80. The number of thioether (sulfide) groups is 1. The number of urea groups is 1. The van der Waals surface area contributed by atoms with Gasteiger partial charge in [0.2, 0.25) is 0 Å². The lowest BCUT2D eigenvalue weighted by molar-refractivity contribution is -0.140. The van der Waals surface area contributed by atoms with Gasteiger partial charge >= 0.3 is 12.0 Å². The van der Waals surface area contributed by atoms with E-state index in [4.69, 9.17) is 5.11 Å². The van der Waals surface area contributed by atoms with E-state index in [1.807, 2.05) is 0 Å².